The lowest BCUT2D eigenvalue weighted by molar-refractivity contribution is -0.121. The fourth-order valence-corrected chi connectivity index (χ4v) is 1.95. The number of nitrogens with one attached hydrogen (secondary N) is 1. The quantitative estimate of drug-likeness (QED) is 0.879. The van der Waals surface area contributed by atoms with E-state index in [4.69, 9.17) is 4.42 Å². The molecule has 0 radical (unpaired) electrons. The fraction of sp³-hybridized carbons (Fsp3) is 0.400. The van der Waals surface area contributed by atoms with Crippen LogP contribution in [0.3, 0.4) is 0 Å². The molecule has 0 unspecified atom stereocenters. The number of aromatic nitrogens is 2. The van der Waals surface area contributed by atoms with Crippen molar-refractivity contribution in [1.29, 1.82) is 0 Å². The molecule has 0 fully saturated rings. The van der Waals surface area contributed by atoms with E-state index in [0.29, 0.717) is 30.8 Å². The fourth-order valence-electron chi connectivity index (χ4n) is 1.95. The second kappa shape index (κ2) is 6.88. The maximum absolute atomic E-state index is 11.8. The molecule has 0 aliphatic heterocycles. The summed E-state index contributed by atoms with van der Waals surface area (Å²) in [7, 11) is 0. The van der Waals surface area contributed by atoms with Gasteiger partial charge in [-0.3, -0.25) is 9.59 Å². The van der Waals surface area contributed by atoms with Gasteiger partial charge in [-0.15, -0.1) is 0 Å². The Morgan fingerprint density at radius 1 is 1.38 bits per heavy atom. The van der Waals surface area contributed by atoms with Gasteiger partial charge in [0.05, 0.1) is 6.26 Å². The monoisotopic (exact) mass is 289 g/mol. The van der Waals surface area contributed by atoms with E-state index in [1.54, 1.807) is 24.5 Å². The highest BCUT2D eigenvalue weighted by Crippen LogP contribution is 2.15. The number of hydrogen-bond donors (Lipinski definition) is 1. The average Bonchev–Trinajstić information content (AvgIpc) is 2.94. The van der Waals surface area contributed by atoms with Gasteiger partial charge in [-0.25, -0.2) is 4.68 Å². The van der Waals surface area contributed by atoms with Crippen LogP contribution >= 0.6 is 0 Å². The Morgan fingerprint density at radius 3 is 2.86 bits per heavy atom. The Morgan fingerprint density at radius 2 is 2.19 bits per heavy atom. The smallest absolute Gasteiger partial charge is 0.266 e. The first-order valence-corrected chi connectivity index (χ1v) is 6.97. The molecule has 2 rings (SSSR count). The van der Waals surface area contributed by atoms with Crippen molar-refractivity contribution in [3.05, 3.63) is 40.9 Å². The summed E-state index contributed by atoms with van der Waals surface area (Å²) in [6.07, 6.45) is 2.49. The zero-order valence-electron chi connectivity index (χ0n) is 12.2. The first-order chi connectivity index (χ1) is 10.1. The molecule has 6 nitrogen and oxygen atoms in total. The molecule has 0 aromatic carbocycles. The van der Waals surface area contributed by atoms with Gasteiger partial charge in [0.2, 0.25) is 5.91 Å². The van der Waals surface area contributed by atoms with E-state index in [2.05, 4.69) is 10.4 Å². The minimum Gasteiger partial charge on any atom is -0.463 e. The van der Waals surface area contributed by atoms with Gasteiger partial charge < -0.3 is 9.73 Å². The van der Waals surface area contributed by atoms with Gasteiger partial charge in [-0.1, -0.05) is 0 Å². The second-order valence-corrected chi connectivity index (χ2v) is 5.08. The second-order valence-electron chi connectivity index (χ2n) is 5.08. The number of nitrogens with zero attached hydrogens (tertiary/aromatic N) is 2. The van der Waals surface area contributed by atoms with E-state index in [1.807, 2.05) is 13.8 Å². The van der Waals surface area contributed by atoms with Crippen LogP contribution in [-0.2, 0) is 11.3 Å². The van der Waals surface area contributed by atoms with E-state index < -0.39 is 0 Å². The SMILES string of the molecule is CC(C)NC(=O)CCCn1nc(-c2ccco2)ccc1=O. The number of amides is 1. The van der Waals surface area contributed by atoms with Crippen molar-refractivity contribution in [3.63, 3.8) is 0 Å². The Labute approximate surface area is 122 Å². The van der Waals surface area contributed by atoms with Crippen molar-refractivity contribution in [3.8, 4) is 11.5 Å². The predicted octanol–water partition coefficient (Wildman–Crippen LogP) is 1.81. The number of hydrogen-bond acceptors (Lipinski definition) is 4. The standard InChI is InChI=1S/C15H19N3O3/c1-11(2)16-14(19)6-3-9-18-15(20)8-7-12(17-18)13-5-4-10-21-13/h4-5,7-8,10-11H,3,6,9H2,1-2H3,(H,16,19). The van der Waals surface area contributed by atoms with E-state index in [-0.39, 0.29) is 17.5 Å². The molecule has 0 aliphatic carbocycles. The average molecular weight is 289 g/mol. The topological polar surface area (TPSA) is 77.1 Å². The van der Waals surface area contributed by atoms with Crippen molar-refractivity contribution in [1.82, 2.24) is 15.1 Å². The van der Waals surface area contributed by atoms with Crippen molar-refractivity contribution in [2.75, 3.05) is 0 Å². The lowest BCUT2D eigenvalue weighted by atomic mass is 10.2. The maximum atomic E-state index is 11.8. The molecule has 0 atom stereocenters. The van der Waals surface area contributed by atoms with Gasteiger partial charge in [-0.2, -0.15) is 5.10 Å². The van der Waals surface area contributed by atoms with E-state index in [1.165, 1.54) is 10.7 Å². The Hall–Kier alpha value is -2.37. The molecule has 21 heavy (non-hydrogen) atoms. The summed E-state index contributed by atoms with van der Waals surface area (Å²) in [5.74, 6) is 0.599. The van der Waals surface area contributed by atoms with Crippen molar-refractivity contribution in [2.24, 2.45) is 0 Å². The molecule has 0 bridgehead atoms. The third-order valence-electron chi connectivity index (χ3n) is 2.86. The molecule has 2 aromatic rings. The Balaban J connectivity index is 1.98. The van der Waals surface area contributed by atoms with Crippen LogP contribution in [0.1, 0.15) is 26.7 Å². The third-order valence-corrected chi connectivity index (χ3v) is 2.86. The molecule has 0 saturated carbocycles. The maximum Gasteiger partial charge on any atom is 0.266 e. The Kier molecular flexibility index (Phi) is 4.92. The third kappa shape index (κ3) is 4.30. The van der Waals surface area contributed by atoms with Gasteiger partial charge >= 0.3 is 0 Å². The van der Waals surface area contributed by atoms with Gasteiger partial charge in [0.1, 0.15) is 5.69 Å². The summed E-state index contributed by atoms with van der Waals surface area (Å²) in [5.41, 5.74) is 0.417. The number of carbonyl (C=O) groups is 1. The highest BCUT2D eigenvalue weighted by Gasteiger charge is 2.07. The van der Waals surface area contributed by atoms with Crippen LogP contribution in [0.2, 0.25) is 0 Å². The predicted molar refractivity (Wildman–Crippen MR) is 78.7 cm³/mol. The molecule has 0 spiro atoms. The summed E-state index contributed by atoms with van der Waals surface area (Å²) >= 11 is 0. The number of rotatable bonds is 6. The van der Waals surface area contributed by atoms with Gasteiger partial charge in [-0.05, 0) is 38.5 Å². The lowest BCUT2D eigenvalue weighted by Gasteiger charge is -2.09. The Bertz CT molecular complexity index is 644. The minimum atomic E-state index is -0.186. The van der Waals surface area contributed by atoms with Crippen LogP contribution in [0.5, 0.6) is 0 Å². The zero-order valence-corrected chi connectivity index (χ0v) is 12.2. The van der Waals surface area contributed by atoms with Crippen LogP contribution in [0.15, 0.2) is 39.7 Å². The van der Waals surface area contributed by atoms with Gasteiger partial charge in [0, 0.05) is 25.1 Å². The van der Waals surface area contributed by atoms with Crippen molar-refractivity contribution >= 4 is 5.91 Å². The first kappa shape index (κ1) is 15.0. The van der Waals surface area contributed by atoms with Gasteiger partial charge in [0.25, 0.3) is 5.56 Å². The van der Waals surface area contributed by atoms with Crippen LogP contribution in [0.25, 0.3) is 11.5 Å². The van der Waals surface area contributed by atoms with Crippen LogP contribution in [-0.4, -0.2) is 21.7 Å². The highest BCUT2D eigenvalue weighted by molar-refractivity contribution is 5.76. The first-order valence-electron chi connectivity index (χ1n) is 6.97. The van der Waals surface area contributed by atoms with E-state index in [0.717, 1.165) is 0 Å². The highest BCUT2D eigenvalue weighted by atomic mass is 16.3. The molecule has 0 aliphatic rings. The zero-order chi connectivity index (χ0) is 15.2. The van der Waals surface area contributed by atoms with Crippen molar-refractivity contribution in [2.45, 2.75) is 39.3 Å². The van der Waals surface area contributed by atoms with Crippen LogP contribution in [0.4, 0.5) is 0 Å². The van der Waals surface area contributed by atoms with Crippen LogP contribution in [0, 0.1) is 0 Å². The summed E-state index contributed by atoms with van der Waals surface area (Å²) in [5, 5.41) is 7.07. The van der Waals surface area contributed by atoms with E-state index >= 15 is 0 Å². The van der Waals surface area contributed by atoms with Crippen molar-refractivity contribution < 1.29 is 9.21 Å². The molecule has 2 aromatic heterocycles. The van der Waals surface area contributed by atoms with Gasteiger partial charge in [0.15, 0.2) is 5.76 Å². The number of aryl methyl sites for hydroxylation is 1. The van der Waals surface area contributed by atoms with Crippen LogP contribution < -0.4 is 10.9 Å². The summed E-state index contributed by atoms with van der Waals surface area (Å²) in [4.78, 5) is 23.3. The molecule has 2 heterocycles. The molecule has 0 saturated heterocycles. The summed E-state index contributed by atoms with van der Waals surface area (Å²) < 4.78 is 6.62. The normalized spacial score (nSPS) is 10.8. The molecule has 1 amide bonds. The molecule has 6 heteroatoms. The molecular weight excluding hydrogens is 270 g/mol. The lowest BCUT2D eigenvalue weighted by Crippen LogP contribution is -2.30. The minimum absolute atomic E-state index is 0.0137. The summed E-state index contributed by atoms with van der Waals surface area (Å²) in [6, 6.07) is 6.76. The molecule has 112 valence electrons. The number of furan rings is 1. The van der Waals surface area contributed by atoms with E-state index in [9.17, 15) is 9.59 Å². The number of carbonyl (C=O) groups excluding carboxylic acids is 1. The largest absolute Gasteiger partial charge is 0.463 e. The molecular formula is C15H19N3O3. The summed E-state index contributed by atoms with van der Waals surface area (Å²) in [6.45, 7) is 4.23. The molecule has 1 N–H and O–H groups in total.